The number of rotatable bonds is 5. The summed E-state index contributed by atoms with van der Waals surface area (Å²) in [6.45, 7) is 6.96. The van der Waals surface area contributed by atoms with Crippen molar-refractivity contribution in [3.8, 4) is 0 Å². The molecular formula is C11H19N3O3. The van der Waals surface area contributed by atoms with Gasteiger partial charge in [0, 0.05) is 12.0 Å². The van der Waals surface area contributed by atoms with Crippen LogP contribution in [0.3, 0.4) is 0 Å². The van der Waals surface area contributed by atoms with E-state index in [2.05, 4.69) is 10.1 Å². The molecule has 1 aromatic rings. The Kier molecular flexibility index (Phi) is 4.22. The number of aromatic nitrogens is 2. The Morgan fingerprint density at radius 1 is 1.47 bits per heavy atom. The van der Waals surface area contributed by atoms with E-state index in [1.807, 2.05) is 32.7 Å². The van der Waals surface area contributed by atoms with Crippen molar-refractivity contribution in [1.82, 2.24) is 15.0 Å². The molecule has 1 rings (SSSR count). The average Bonchev–Trinajstić information content (AvgIpc) is 2.62. The van der Waals surface area contributed by atoms with Gasteiger partial charge in [-0.05, 0) is 7.05 Å². The molecule has 0 atom stereocenters. The van der Waals surface area contributed by atoms with Crippen LogP contribution in [0.2, 0.25) is 0 Å². The van der Waals surface area contributed by atoms with Gasteiger partial charge < -0.3 is 9.63 Å². The number of hydrogen-bond acceptors (Lipinski definition) is 5. The SMILES string of the molecule is CN(CCC(=O)O)Cc1nc(C(C)(C)C)no1. The van der Waals surface area contributed by atoms with Gasteiger partial charge >= 0.3 is 5.97 Å². The highest BCUT2D eigenvalue weighted by Gasteiger charge is 2.21. The molecule has 0 fully saturated rings. The lowest BCUT2D eigenvalue weighted by Gasteiger charge is -2.12. The Hall–Kier alpha value is -1.43. The standard InChI is InChI=1S/C11H19N3O3/c1-11(2,3)10-12-8(17-13-10)7-14(4)6-5-9(15)16/h5-7H2,1-4H3,(H,15,16). The van der Waals surface area contributed by atoms with Gasteiger partial charge in [0.1, 0.15) is 0 Å². The van der Waals surface area contributed by atoms with E-state index in [4.69, 9.17) is 9.63 Å². The molecule has 0 aliphatic rings. The monoisotopic (exact) mass is 241 g/mol. The number of aliphatic carboxylic acids is 1. The highest BCUT2D eigenvalue weighted by molar-refractivity contribution is 5.66. The molecule has 1 heterocycles. The minimum absolute atomic E-state index is 0.108. The largest absolute Gasteiger partial charge is 0.481 e. The third kappa shape index (κ3) is 4.52. The molecule has 0 amide bonds. The van der Waals surface area contributed by atoms with Crippen LogP contribution < -0.4 is 0 Å². The van der Waals surface area contributed by atoms with E-state index >= 15 is 0 Å². The van der Waals surface area contributed by atoms with E-state index in [-0.39, 0.29) is 11.8 Å². The summed E-state index contributed by atoms with van der Waals surface area (Å²) in [5.41, 5.74) is -0.138. The van der Waals surface area contributed by atoms with Gasteiger partial charge in [0.2, 0.25) is 5.89 Å². The quantitative estimate of drug-likeness (QED) is 0.836. The molecule has 0 aromatic carbocycles. The van der Waals surface area contributed by atoms with Gasteiger partial charge in [-0.3, -0.25) is 9.69 Å². The van der Waals surface area contributed by atoms with Crippen LogP contribution >= 0.6 is 0 Å². The van der Waals surface area contributed by atoms with Gasteiger partial charge in [0.15, 0.2) is 5.82 Å². The van der Waals surface area contributed by atoms with E-state index in [1.165, 1.54) is 0 Å². The Balaban J connectivity index is 2.52. The Morgan fingerprint density at radius 2 is 2.12 bits per heavy atom. The van der Waals surface area contributed by atoms with Crippen LogP contribution in [0.15, 0.2) is 4.52 Å². The summed E-state index contributed by atoms with van der Waals surface area (Å²) in [6.07, 6.45) is 0.108. The third-order valence-corrected chi connectivity index (χ3v) is 2.25. The first-order valence-corrected chi connectivity index (χ1v) is 5.52. The predicted molar refractivity (Wildman–Crippen MR) is 61.6 cm³/mol. The van der Waals surface area contributed by atoms with E-state index in [0.29, 0.717) is 24.8 Å². The average molecular weight is 241 g/mol. The van der Waals surface area contributed by atoms with Crippen LogP contribution in [-0.2, 0) is 16.8 Å². The molecule has 1 aromatic heterocycles. The fraction of sp³-hybridized carbons (Fsp3) is 0.727. The van der Waals surface area contributed by atoms with Crippen LogP contribution in [0, 0.1) is 0 Å². The molecule has 1 N–H and O–H groups in total. The van der Waals surface area contributed by atoms with Gasteiger partial charge in [-0.2, -0.15) is 4.98 Å². The molecule has 0 unspecified atom stereocenters. The lowest BCUT2D eigenvalue weighted by atomic mass is 9.96. The van der Waals surface area contributed by atoms with Gasteiger partial charge in [-0.1, -0.05) is 25.9 Å². The van der Waals surface area contributed by atoms with Crippen molar-refractivity contribution < 1.29 is 14.4 Å². The topological polar surface area (TPSA) is 79.5 Å². The zero-order valence-corrected chi connectivity index (χ0v) is 10.7. The number of hydrogen-bond donors (Lipinski definition) is 1. The summed E-state index contributed by atoms with van der Waals surface area (Å²) in [5, 5.41) is 12.5. The molecule has 0 spiro atoms. The molecule has 6 heteroatoms. The first kappa shape index (κ1) is 13.6. The Bertz CT molecular complexity index is 382. The van der Waals surface area contributed by atoms with Gasteiger partial charge in [-0.15, -0.1) is 0 Å². The maximum absolute atomic E-state index is 10.4. The zero-order valence-electron chi connectivity index (χ0n) is 10.7. The van der Waals surface area contributed by atoms with Crippen LogP contribution in [-0.4, -0.2) is 39.7 Å². The minimum atomic E-state index is -0.808. The first-order valence-electron chi connectivity index (χ1n) is 5.52. The second-order valence-corrected chi connectivity index (χ2v) is 5.14. The Morgan fingerprint density at radius 3 is 2.59 bits per heavy atom. The van der Waals surface area contributed by atoms with Crippen LogP contribution in [0.5, 0.6) is 0 Å². The summed E-state index contributed by atoms with van der Waals surface area (Å²) in [5.74, 6) is 0.375. The van der Waals surface area contributed by atoms with Gasteiger partial charge in [0.25, 0.3) is 0 Å². The van der Waals surface area contributed by atoms with Crippen molar-refractivity contribution in [2.24, 2.45) is 0 Å². The highest BCUT2D eigenvalue weighted by Crippen LogP contribution is 2.18. The van der Waals surface area contributed by atoms with Crippen molar-refractivity contribution in [2.75, 3.05) is 13.6 Å². The summed E-state index contributed by atoms with van der Waals surface area (Å²) in [7, 11) is 1.82. The molecule has 96 valence electrons. The summed E-state index contributed by atoms with van der Waals surface area (Å²) < 4.78 is 5.12. The maximum atomic E-state index is 10.4. The molecule has 0 bridgehead atoms. The van der Waals surface area contributed by atoms with E-state index in [0.717, 1.165) is 0 Å². The van der Waals surface area contributed by atoms with Gasteiger partial charge in [0.05, 0.1) is 13.0 Å². The predicted octanol–water partition coefficient (Wildman–Crippen LogP) is 1.27. The number of nitrogens with zero attached hydrogens (tertiary/aromatic N) is 3. The minimum Gasteiger partial charge on any atom is -0.481 e. The molecular weight excluding hydrogens is 222 g/mol. The molecule has 0 saturated carbocycles. The maximum Gasteiger partial charge on any atom is 0.304 e. The fourth-order valence-corrected chi connectivity index (χ4v) is 1.22. The molecule has 0 saturated heterocycles. The zero-order chi connectivity index (χ0) is 13.1. The molecule has 6 nitrogen and oxygen atoms in total. The Labute approximate surface area is 101 Å². The van der Waals surface area contributed by atoms with E-state index in [1.54, 1.807) is 0 Å². The summed E-state index contributed by atoms with van der Waals surface area (Å²) >= 11 is 0. The van der Waals surface area contributed by atoms with Crippen LogP contribution in [0.1, 0.15) is 38.9 Å². The lowest BCUT2D eigenvalue weighted by molar-refractivity contribution is -0.137. The van der Waals surface area contributed by atoms with Gasteiger partial charge in [-0.25, -0.2) is 0 Å². The summed E-state index contributed by atoms with van der Waals surface area (Å²) in [6, 6.07) is 0. The van der Waals surface area contributed by atoms with Crippen molar-refractivity contribution in [1.29, 1.82) is 0 Å². The second-order valence-electron chi connectivity index (χ2n) is 5.14. The van der Waals surface area contributed by atoms with Crippen molar-refractivity contribution in [3.63, 3.8) is 0 Å². The normalized spacial score (nSPS) is 12.1. The lowest BCUT2D eigenvalue weighted by Crippen LogP contribution is -2.21. The molecule has 0 aliphatic carbocycles. The smallest absolute Gasteiger partial charge is 0.304 e. The van der Waals surface area contributed by atoms with E-state index < -0.39 is 5.97 Å². The van der Waals surface area contributed by atoms with Crippen molar-refractivity contribution in [2.45, 2.75) is 39.2 Å². The van der Waals surface area contributed by atoms with Crippen LogP contribution in [0.25, 0.3) is 0 Å². The number of carboxylic acid groups (broad SMARTS) is 1. The second kappa shape index (κ2) is 5.27. The highest BCUT2D eigenvalue weighted by atomic mass is 16.5. The van der Waals surface area contributed by atoms with Crippen molar-refractivity contribution >= 4 is 5.97 Å². The fourth-order valence-electron chi connectivity index (χ4n) is 1.22. The number of carbonyl (C=O) groups is 1. The van der Waals surface area contributed by atoms with E-state index in [9.17, 15) is 4.79 Å². The third-order valence-electron chi connectivity index (χ3n) is 2.25. The van der Waals surface area contributed by atoms with Crippen molar-refractivity contribution in [3.05, 3.63) is 11.7 Å². The molecule has 0 radical (unpaired) electrons. The molecule has 17 heavy (non-hydrogen) atoms. The summed E-state index contributed by atoms with van der Waals surface area (Å²) in [4.78, 5) is 16.5. The number of carboxylic acids is 1. The molecule has 0 aliphatic heterocycles. The first-order chi connectivity index (χ1) is 7.79. The van der Waals surface area contributed by atoms with Crippen LogP contribution in [0.4, 0.5) is 0 Å².